The molecule has 0 saturated heterocycles. The Bertz CT molecular complexity index is 543. The van der Waals surface area contributed by atoms with Crippen LogP contribution in [-0.4, -0.2) is 26.0 Å². The predicted molar refractivity (Wildman–Crippen MR) is 80.9 cm³/mol. The molecule has 1 atom stereocenters. The van der Waals surface area contributed by atoms with Gasteiger partial charge in [-0.1, -0.05) is 44.2 Å². The number of aliphatic carboxylic acids is 1. The SMILES string of the molecule is CC(C)CNS(=O)(=O)NC(CCC(=O)O)c1ccccc1. The standard InChI is InChI=1S/C14H22N2O4S/c1-11(2)10-15-21(19,20)16-13(8-9-14(17)18)12-6-4-3-5-7-12/h3-7,11,13,15-16H,8-10H2,1-2H3,(H,17,18). The van der Waals surface area contributed by atoms with Crippen molar-refractivity contribution in [3.63, 3.8) is 0 Å². The Morgan fingerprint density at radius 3 is 2.38 bits per heavy atom. The number of hydrogen-bond donors (Lipinski definition) is 3. The second-order valence-corrected chi connectivity index (χ2v) is 6.79. The molecule has 21 heavy (non-hydrogen) atoms. The van der Waals surface area contributed by atoms with Crippen molar-refractivity contribution >= 4 is 16.2 Å². The first-order valence-corrected chi connectivity index (χ1v) is 8.32. The fraction of sp³-hybridized carbons (Fsp3) is 0.500. The lowest BCUT2D eigenvalue weighted by Gasteiger charge is -2.19. The molecule has 0 radical (unpaired) electrons. The molecular formula is C14H22N2O4S. The zero-order valence-corrected chi connectivity index (χ0v) is 13.1. The van der Waals surface area contributed by atoms with E-state index >= 15 is 0 Å². The highest BCUT2D eigenvalue weighted by Crippen LogP contribution is 2.19. The van der Waals surface area contributed by atoms with Gasteiger partial charge in [-0.25, -0.2) is 4.72 Å². The second kappa shape index (κ2) is 8.11. The molecule has 0 aliphatic heterocycles. The normalized spacial score (nSPS) is 13.3. The minimum atomic E-state index is -3.66. The first kappa shape index (κ1) is 17.6. The summed E-state index contributed by atoms with van der Waals surface area (Å²) in [5, 5.41) is 8.79. The van der Waals surface area contributed by atoms with Gasteiger partial charge in [-0.2, -0.15) is 13.1 Å². The van der Waals surface area contributed by atoms with E-state index in [0.29, 0.717) is 6.54 Å². The average Bonchev–Trinajstić information content (AvgIpc) is 2.42. The molecule has 6 nitrogen and oxygen atoms in total. The molecule has 0 aliphatic carbocycles. The van der Waals surface area contributed by atoms with Crippen molar-refractivity contribution < 1.29 is 18.3 Å². The predicted octanol–water partition coefficient (Wildman–Crippen LogP) is 1.67. The number of carboxylic acid groups (broad SMARTS) is 1. The van der Waals surface area contributed by atoms with Crippen molar-refractivity contribution in [1.82, 2.24) is 9.44 Å². The Morgan fingerprint density at radius 1 is 1.24 bits per heavy atom. The summed E-state index contributed by atoms with van der Waals surface area (Å²) in [6, 6.07) is 8.39. The molecule has 118 valence electrons. The number of hydrogen-bond acceptors (Lipinski definition) is 3. The van der Waals surface area contributed by atoms with Gasteiger partial charge in [0.1, 0.15) is 0 Å². The average molecular weight is 314 g/mol. The van der Waals surface area contributed by atoms with Crippen LogP contribution >= 0.6 is 0 Å². The molecule has 0 bridgehead atoms. The largest absolute Gasteiger partial charge is 0.481 e. The van der Waals surface area contributed by atoms with Crippen LogP contribution in [0.4, 0.5) is 0 Å². The van der Waals surface area contributed by atoms with Gasteiger partial charge in [0.15, 0.2) is 0 Å². The summed E-state index contributed by atoms with van der Waals surface area (Å²) < 4.78 is 29.0. The van der Waals surface area contributed by atoms with E-state index in [2.05, 4.69) is 9.44 Å². The van der Waals surface area contributed by atoms with E-state index in [1.165, 1.54) is 0 Å². The quantitative estimate of drug-likeness (QED) is 0.646. The Labute approximate surface area is 125 Å². The third kappa shape index (κ3) is 7.22. The highest BCUT2D eigenvalue weighted by molar-refractivity contribution is 7.87. The molecule has 1 aromatic rings. The molecule has 3 N–H and O–H groups in total. The number of benzene rings is 1. The smallest absolute Gasteiger partial charge is 0.303 e. The topological polar surface area (TPSA) is 95.5 Å². The van der Waals surface area contributed by atoms with Gasteiger partial charge in [0.25, 0.3) is 10.2 Å². The summed E-state index contributed by atoms with van der Waals surface area (Å²) >= 11 is 0. The molecule has 1 rings (SSSR count). The highest BCUT2D eigenvalue weighted by Gasteiger charge is 2.20. The van der Waals surface area contributed by atoms with E-state index < -0.39 is 22.2 Å². The van der Waals surface area contributed by atoms with Crippen molar-refractivity contribution in [1.29, 1.82) is 0 Å². The van der Waals surface area contributed by atoms with Crippen LogP contribution in [0.1, 0.15) is 38.3 Å². The van der Waals surface area contributed by atoms with Gasteiger partial charge in [-0.15, -0.1) is 0 Å². The lowest BCUT2D eigenvalue weighted by atomic mass is 10.0. The minimum Gasteiger partial charge on any atom is -0.481 e. The molecule has 0 spiro atoms. The summed E-state index contributed by atoms with van der Waals surface area (Å²) in [4.78, 5) is 10.7. The summed E-state index contributed by atoms with van der Waals surface area (Å²) in [7, 11) is -3.66. The lowest BCUT2D eigenvalue weighted by molar-refractivity contribution is -0.137. The van der Waals surface area contributed by atoms with Crippen LogP contribution in [0.5, 0.6) is 0 Å². The van der Waals surface area contributed by atoms with Crippen LogP contribution in [0.25, 0.3) is 0 Å². The van der Waals surface area contributed by atoms with Gasteiger partial charge < -0.3 is 5.11 Å². The maximum absolute atomic E-state index is 12.0. The van der Waals surface area contributed by atoms with Crippen LogP contribution in [0, 0.1) is 5.92 Å². The molecule has 1 aromatic carbocycles. The summed E-state index contributed by atoms with van der Waals surface area (Å²) in [5.74, 6) is -0.763. The number of carbonyl (C=O) groups is 1. The summed E-state index contributed by atoms with van der Waals surface area (Å²) in [5.41, 5.74) is 0.744. The molecule has 0 aliphatic rings. The van der Waals surface area contributed by atoms with Gasteiger partial charge in [0.2, 0.25) is 0 Å². The first-order chi connectivity index (χ1) is 9.80. The molecule has 0 saturated carbocycles. The molecule has 0 aromatic heterocycles. The Kier molecular flexibility index (Phi) is 6.80. The van der Waals surface area contributed by atoms with Gasteiger partial charge in [0.05, 0.1) is 0 Å². The second-order valence-electron chi connectivity index (χ2n) is 5.26. The zero-order valence-electron chi connectivity index (χ0n) is 12.2. The Morgan fingerprint density at radius 2 is 1.86 bits per heavy atom. The fourth-order valence-electron chi connectivity index (χ4n) is 1.75. The van der Waals surface area contributed by atoms with Crippen molar-refractivity contribution in [3.8, 4) is 0 Å². The van der Waals surface area contributed by atoms with Crippen LogP contribution in [0.3, 0.4) is 0 Å². The van der Waals surface area contributed by atoms with Crippen molar-refractivity contribution in [2.45, 2.75) is 32.7 Å². The molecular weight excluding hydrogens is 292 g/mol. The minimum absolute atomic E-state index is 0.105. The van der Waals surface area contributed by atoms with Gasteiger partial charge in [-0.05, 0) is 17.9 Å². The van der Waals surface area contributed by atoms with Gasteiger partial charge in [-0.3, -0.25) is 4.79 Å². The lowest BCUT2D eigenvalue weighted by Crippen LogP contribution is -2.40. The van der Waals surface area contributed by atoms with Crippen molar-refractivity contribution in [2.75, 3.05) is 6.54 Å². The third-order valence-corrected chi connectivity index (χ3v) is 3.97. The Balaban J connectivity index is 2.79. The maximum Gasteiger partial charge on any atom is 0.303 e. The van der Waals surface area contributed by atoms with Crippen LogP contribution in [0.15, 0.2) is 30.3 Å². The number of carboxylic acids is 1. The van der Waals surface area contributed by atoms with Crippen LogP contribution in [-0.2, 0) is 15.0 Å². The first-order valence-electron chi connectivity index (χ1n) is 6.84. The van der Waals surface area contributed by atoms with Crippen LogP contribution < -0.4 is 9.44 Å². The van der Waals surface area contributed by atoms with E-state index in [1.807, 2.05) is 19.9 Å². The number of rotatable bonds is 9. The monoisotopic (exact) mass is 314 g/mol. The highest BCUT2D eigenvalue weighted by atomic mass is 32.2. The number of nitrogens with one attached hydrogen (secondary N) is 2. The van der Waals surface area contributed by atoms with Crippen molar-refractivity contribution in [3.05, 3.63) is 35.9 Å². The van der Waals surface area contributed by atoms with Crippen LogP contribution in [0.2, 0.25) is 0 Å². The summed E-state index contributed by atoms with van der Waals surface area (Å²) in [6.45, 7) is 4.14. The zero-order chi connectivity index (χ0) is 15.9. The van der Waals surface area contributed by atoms with Crippen molar-refractivity contribution in [2.24, 2.45) is 5.92 Å². The maximum atomic E-state index is 12.0. The Hall–Kier alpha value is -1.44. The van der Waals surface area contributed by atoms with Gasteiger partial charge in [0, 0.05) is 19.0 Å². The molecule has 0 amide bonds. The van der Waals surface area contributed by atoms with Gasteiger partial charge >= 0.3 is 5.97 Å². The van der Waals surface area contributed by atoms with E-state index in [4.69, 9.17) is 5.11 Å². The third-order valence-electron chi connectivity index (χ3n) is 2.83. The molecule has 7 heteroatoms. The van der Waals surface area contributed by atoms with E-state index in [-0.39, 0.29) is 18.8 Å². The summed E-state index contributed by atoms with van der Waals surface area (Å²) in [6.07, 6.45) is 0.0915. The fourth-order valence-corrected chi connectivity index (χ4v) is 3.02. The van der Waals surface area contributed by atoms with E-state index in [0.717, 1.165) is 5.56 Å². The van der Waals surface area contributed by atoms with E-state index in [9.17, 15) is 13.2 Å². The molecule has 0 heterocycles. The molecule has 1 unspecified atom stereocenters. The molecule has 0 fully saturated rings. The van der Waals surface area contributed by atoms with E-state index in [1.54, 1.807) is 24.3 Å².